The van der Waals surface area contributed by atoms with Crippen molar-refractivity contribution in [3.63, 3.8) is 0 Å². The molecule has 0 saturated heterocycles. The number of hydrogen-bond donors (Lipinski definition) is 2. The van der Waals surface area contributed by atoms with Crippen molar-refractivity contribution in [2.75, 3.05) is 0 Å². The fraction of sp³-hybridized carbons (Fsp3) is 0. The molecule has 5 nitrogen and oxygen atoms in total. The van der Waals surface area contributed by atoms with E-state index in [-0.39, 0.29) is 5.56 Å². The summed E-state index contributed by atoms with van der Waals surface area (Å²) in [6.07, 6.45) is 3.41. The highest BCUT2D eigenvalue weighted by Crippen LogP contribution is 2.22. The molecule has 23 heavy (non-hydrogen) atoms. The second-order valence-electron chi connectivity index (χ2n) is 5.40. The first-order valence-corrected chi connectivity index (χ1v) is 7.32. The largest absolute Gasteiger partial charge is 0.355 e. The maximum absolute atomic E-state index is 12.3. The lowest BCUT2D eigenvalue weighted by atomic mass is 9.90. The molecule has 6 heteroatoms. The third kappa shape index (κ3) is 2.24. The summed E-state index contributed by atoms with van der Waals surface area (Å²) in [6, 6.07) is 13.6. The molecule has 0 bridgehead atoms. The first kappa shape index (κ1) is 13.5. The molecule has 0 radical (unpaired) electrons. The van der Waals surface area contributed by atoms with E-state index in [0.29, 0.717) is 11.3 Å². The standard InChI is InChI=1S/C17H13BN4O/c18-15-11-3-1-2-4-13(11)20-16(15)12-9-14(21-22-17(12)23)10-5-7-19-8-6-10/h1-9,20H,18H2,(H,22,23). The Labute approximate surface area is 132 Å². The van der Waals surface area contributed by atoms with Crippen LogP contribution in [0.1, 0.15) is 0 Å². The van der Waals surface area contributed by atoms with Crippen molar-refractivity contribution >= 4 is 24.2 Å². The number of pyridine rings is 1. The highest BCUT2D eigenvalue weighted by atomic mass is 16.1. The molecule has 0 aliphatic carbocycles. The van der Waals surface area contributed by atoms with Gasteiger partial charge in [-0.05, 0) is 29.7 Å². The first-order chi connectivity index (χ1) is 11.2. The summed E-state index contributed by atoms with van der Waals surface area (Å²) in [7, 11) is 2.01. The second kappa shape index (κ2) is 5.24. The van der Waals surface area contributed by atoms with Crippen LogP contribution < -0.4 is 11.0 Å². The highest BCUT2D eigenvalue weighted by Gasteiger charge is 2.13. The van der Waals surface area contributed by atoms with Gasteiger partial charge in [-0.25, -0.2) is 5.10 Å². The van der Waals surface area contributed by atoms with Crippen LogP contribution in [0.25, 0.3) is 33.4 Å². The van der Waals surface area contributed by atoms with Gasteiger partial charge in [-0.15, -0.1) is 0 Å². The van der Waals surface area contributed by atoms with E-state index in [4.69, 9.17) is 0 Å². The van der Waals surface area contributed by atoms with Gasteiger partial charge in [0.25, 0.3) is 5.56 Å². The van der Waals surface area contributed by atoms with Gasteiger partial charge in [0.1, 0.15) is 7.85 Å². The van der Waals surface area contributed by atoms with E-state index in [9.17, 15) is 4.79 Å². The van der Waals surface area contributed by atoms with Crippen LogP contribution in [0.15, 0.2) is 59.7 Å². The summed E-state index contributed by atoms with van der Waals surface area (Å²) in [5.41, 5.74) is 4.88. The normalized spacial score (nSPS) is 11.0. The third-order valence-electron chi connectivity index (χ3n) is 4.01. The average molecular weight is 300 g/mol. The Bertz CT molecular complexity index is 1050. The van der Waals surface area contributed by atoms with Crippen molar-refractivity contribution in [1.29, 1.82) is 0 Å². The SMILES string of the molecule is Bc1c(-c2cc(-c3ccncc3)n[nH]c2=O)[nH]c2ccccc12. The third-order valence-corrected chi connectivity index (χ3v) is 4.01. The summed E-state index contributed by atoms with van der Waals surface area (Å²) in [6.45, 7) is 0. The lowest BCUT2D eigenvalue weighted by Gasteiger charge is -2.04. The van der Waals surface area contributed by atoms with Crippen LogP contribution >= 0.6 is 0 Å². The number of nitrogens with zero attached hydrogens (tertiary/aromatic N) is 2. The van der Waals surface area contributed by atoms with E-state index >= 15 is 0 Å². The molecule has 0 amide bonds. The van der Waals surface area contributed by atoms with E-state index in [1.165, 1.54) is 0 Å². The topological polar surface area (TPSA) is 74.4 Å². The van der Waals surface area contributed by atoms with Gasteiger partial charge >= 0.3 is 0 Å². The predicted molar refractivity (Wildman–Crippen MR) is 93.6 cm³/mol. The van der Waals surface area contributed by atoms with E-state index < -0.39 is 0 Å². The Balaban J connectivity index is 1.94. The predicted octanol–water partition coefficient (Wildman–Crippen LogP) is 1.24. The molecule has 0 aliphatic rings. The van der Waals surface area contributed by atoms with Gasteiger partial charge in [-0.2, -0.15) is 5.10 Å². The molecule has 1 aromatic carbocycles. The molecule has 4 aromatic rings. The van der Waals surface area contributed by atoms with E-state index in [0.717, 1.165) is 27.6 Å². The zero-order chi connectivity index (χ0) is 15.8. The fourth-order valence-electron chi connectivity index (χ4n) is 2.81. The molecule has 3 aromatic heterocycles. The Morgan fingerprint density at radius 3 is 2.61 bits per heavy atom. The molecule has 0 fully saturated rings. The molecule has 4 rings (SSSR count). The highest BCUT2D eigenvalue weighted by molar-refractivity contribution is 6.42. The number of nitrogens with one attached hydrogen (secondary N) is 2. The van der Waals surface area contributed by atoms with Crippen molar-refractivity contribution in [2.24, 2.45) is 0 Å². The number of aromatic nitrogens is 4. The lowest BCUT2D eigenvalue weighted by molar-refractivity contribution is 0.996. The number of aromatic amines is 2. The Hall–Kier alpha value is -3.15. The van der Waals surface area contributed by atoms with E-state index in [1.54, 1.807) is 12.4 Å². The van der Waals surface area contributed by atoms with Crippen molar-refractivity contribution < 1.29 is 0 Å². The fourth-order valence-corrected chi connectivity index (χ4v) is 2.81. The molecule has 0 unspecified atom stereocenters. The maximum atomic E-state index is 12.3. The van der Waals surface area contributed by atoms with Crippen LogP contribution in [0, 0.1) is 0 Å². The minimum absolute atomic E-state index is 0.211. The van der Waals surface area contributed by atoms with Gasteiger partial charge in [-0.3, -0.25) is 9.78 Å². The van der Waals surface area contributed by atoms with Crippen molar-refractivity contribution in [3.05, 3.63) is 65.2 Å². The summed E-state index contributed by atoms with van der Waals surface area (Å²) in [4.78, 5) is 19.6. The van der Waals surface area contributed by atoms with Crippen LogP contribution in [0.3, 0.4) is 0 Å². The zero-order valence-corrected chi connectivity index (χ0v) is 12.5. The molecule has 0 saturated carbocycles. The Morgan fingerprint density at radius 2 is 1.83 bits per heavy atom. The number of H-pyrrole nitrogens is 2. The monoisotopic (exact) mass is 300 g/mol. The molecule has 0 spiro atoms. The quantitative estimate of drug-likeness (QED) is 0.547. The molecule has 3 heterocycles. The number of para-hydroxylation sites is 1. The van der Waals surface area contributed by atoms with Gasteiger partial charge in [0.2, 0.25) is 0 Å². The lowest BCUT2D eigenvalue weighted by Crippen LogP contribution is -2.15. The van der Waals surface area contributed by atoms with Crippen LogP contribution in [-0.2, 0) is 0 Å². The Kier molecular flexibility index (Phi) is 3.08. The summed E-state index contributed by atoms with van der Waals surface area (Å²) in [5, 5.41) is 7.85. The number of benzene rings is 1. The first-order valence-electron chi connectivity index (χ1n) is 7.32. The number of fused-ring (bicyclic) bond motifs is 1. The van der Waals surface area contributed by atoms with Crippen LogP contribution in [0.4, 0.5) is 0 Å². The molecule has 110 valence electrons. The average Bonchev–Trinajstić information content (AvgIpc) is 2.93. The summed E-state index contributed by atoms with van der Waals surface area (Å²) in [5.74, 6) is 0. The molecule has 0 atom stereocenters. The van der Waals surface area contributed by atoms with Gasteiger partial charge in [0, 0.05) is 29.2 Å². The minimum Gasteiger partial charge on any atom is -0.355 e. The number of hydrogen-bond acceptors (Lipinski definition) is 3. The van der Waals surface area contributed by atoms with E-state index in [2.05, 4.69) is 20.2 Å². The summed E-state index contributed by atoms with van der Waals surface area (Å²) < 4.78 is 0. The van der Waals surface area contributed by atoms with Crippen LogP contribution in [0.5, 0.6) is 0 Å². The minimum atomic E-state index is -0.211. The molecule has 0 aliphatic heterocycles. The Morgan fingerprint density at radius 1 is 1.04 bits per heavy atom. The molecular formula is C17H13BN4O. The van der Waals surface area contributed by atoms with Gasteiger partial charge in [-0.1, -0.05) is 23.7 Å². The van der Waals surface area contributed by atoms with Crippen molar-refractivity contribution in [2.45, 2.75) is 0 Å². The molecule has 2 N–H and O–H groups in total. The van der Waals surface area contributed by atoms with Crippen LogP contribution in [-0.4, -0.2) is 28.0 Å². The number of rotatable bonds is 2. The second-order valence-corrected chi connectivity index (χ2v) is 5.40. The van der Waals surface area contributed by atoms with Gasteiger partial charge < -0.3 is 4.98 Å². The van der Waals surface area contributed by atoms with Gasteiger partial charge in [0.15, 0.2) is 0 Å². The smallest absolute Gasteiger partial charge is 0.273 e. The van der Waals surface area contributed by atoms with Gasteiger partial charge in [0.05, 0.1) is 11.3 Å². The van der Waals surface area contributed by atoms with Crippen molar-refractivity contribution in [3.8, 4) is 22.5 Å². The van der Waals surface area contributed by atoms with E-state index in [1.807, 2.05) is 50.3 Å². The van der Waals surface area contributed by atoms with Crippen LogP contribution in [0.2, 0.25) is 0 Å². The van der Waals surface area contributed by atoms with Crippen molar-refractivity contribution in [1.82, 2.24) is 20.2 Å². The zero-order valence-electron chi connectivity index (χ0n) is 12.5. The molecular weight excluding hydrogens is 287 g/mol. The summed E-state index contributed by atoms with van der Waals surface area (Å²) >= 11 is 0. The maximum Gasteiger partial charge on any atom is 0.273 e.